The molecule has 1 aromatic heterocycles. The van der Waals surface area contributed by atoms with Gasteiger partial charge >= 0.3 is 0 Å². The number of carbonyl (C=O) groups is 1. The van der Waals surface area contributed by atoms with Crippen LogP contribution in [0.5, 0.6) is 0 Å². The lowest BCUT2D eigenvalue weighted by molar-refractivity contribution is -0.116. The number of carbonyl (C=O) groups excluding carboxylic acids is 1. The number of amides is 1. The fraction of sp³-hybridized carbons (Fsp3) is 0.455. The summed E-state index contributed by atoms with van der Waals surface area (Å²) in [6.45, 7) is 4.53. The van der Waals surface area contributed by atoms with Gasteiger partial charge in [-0.1, -0.05) is 6.08 Å². The molecule has 1 aromatic rings. The Bertz CT molecular complexity index is 341. The first-order valence-corrected chi connectivity index (χ1v) is 5.13. The van der Waals surface area contributed by atoms with Crippen LogP contribution in [0.1, 0.15) is 24.6 Å². The van der Waals surface area contributed by atoms with Gasteiger partial charge in [-0.05, 0) is 38.3 Å². The molecule has 82 valence electrons. The maximum Gasteiger partial charge on any atom is 0.243 e. The number of H-pyrrole nitrogens is 1. The maximum atomic E-state index is 11.1. The number of hydrogen-bond acceptors (Lipinski definition) is 2. The highest BCUT2D eigenvalue weighted by Gasteiger charge is 2.00. The van der Waals surface area contributed by atoms with E-state index in [1.165, 1.54) is 11.6 Å². The van der Waals surface area contributed by atoms with Crippen molar-refractivity contribution < 1.29 is 4.79 Å². The Kier molecular flexibility index (Phi) is 4.60. The van der Waals surface area contributed by atoms with E-state index in [9.17, 15) is 4.79 Å². The van der Waals surface area contributed by atoms with Crippen LogP contribution in [0, 0.1) is 6.92 Å². The largest absolute Gasteiger partial charge is 0.353 e. The molecule has 2 N–H and O–H groups in total. The van der Waals surface area contributed by atoms with Crippen molar-refractivity contribution in [2.24, 2.45) is 0 Å². The van der Waals surface area contributed by atoms with Crippen molar-refractivity contribution in [1.29, 1.82) is 0 Å². The van der Waals surface area contributed by atoms with Crippen molar-refractivity contribution in [3.63, 3.8) is 0 Å². The summed E-state index contributed by atoms with van der Waals surface area (Å²) in [7, 11) is 0. The molecule has 0 bridgehead atoms. The van der Waals surface area contributed by atoms with Crippen LogP contribution in [0.4, 0.5) is 0 Å². The summed E-state index contributed by atoms with van der Waals surface area (Å²) in [6, 6.07) is 0. The SMILES string of the molecule is CC=CC(=O)NCCCc1cn[nH]c1C. The van der Waals surface area contributed by atoms with Crippen molar-refractivity contribution >= 4 is 5.91 Å². The van der Waals surface area contributed by atoms with Crippen molar-refractivity contribution in [3.05, 3.63) is 29.6 Å². The predicted octanol–water partition coefficient (Wildman–Crippen LogP) is 1.34. The minimum absolute atomic E-state index is 0.0265. The zero-order valence-corrected chi connectivity index (χ0v) is 9.21. The molecule has 0 radical (unpaired) electrons. The van der Waals surface area contributed by atoms with Gasteiger partial charge in [0.05, 0.1) is 6.20 Å². The number of aromatic nitrogens is 2. The Labute approximate surface area is 89.8 Å². The monoisotopic (exact) mass is 207 g/mol. The summed E-state index contributed by atoms with van der Waals surface area (Å²) in [6.07, 6.45) is 6.98. The average molecular weight is 207 g/mol. The lowest BCUT2D eigenvalue weighted by Crippen LogP contribution is -2.22. The molecule has 0 unspecified atom stereocenters. The molecule has 0 fully saturated rings. The van der Waals surface area contributed by atoms with Gasteiger partial charge in [-0.25, -0.2) is 0 Å². The van der Waals surface area contributed by atoms with Crippen LogP contribution in [0.25, 0.3) is 0 Å². The average Bonchev–Trinajstić information content (AvgIpc) is 2.60. The van der Waals surface area contributed by atoms with Crippen LogP contribution < -0.4 is 5.32 Å². The third-order valence-corrected chi connectivity index (χ3v) is 2.17. The van der Waals surface area contributed by atoms with Gasteiger partial charge in [-0.15, -0.1) is 0 Å². The number of aryl methyl sites for hydroxylation is 2. The van der Waals surface area contributed by atoms with E-state index in [-0.39, 0.29) is 5.91 Å². The smallest absolute Gasteiger partial charge is 0.243 e. The number of allylic oxidation sites excluding steroid dienone is 1. The number of hydrogen-bond donors (Lipinski definition) is 2. The second-order valence-corrected chi connectivity index (χ2v) is 3.41. The van der Waals surface area contributed by atoms with Crippen molar-refractivity contribution in [1.82, 2.24) is 15.5 Å². The first kappa shape index (κ1) is 11.5. The van der Waals surface area contributed by atoms with E-state index in [1.54, 1.807) is 6.08 Å². The Morgan fingerprint density at radius 3 is 3.07 bits per heavy atom. The molecule has 4 heteroatoms. The van der Waals surface area contributed by atoms with Gasteiger partial charge in [0.1, 0.15) is 0 Å². The van der Waals surface area contributed by atoms with Crippen LogP contribution in [0.15, 0.2) is 18.3 Å². The summed E-state index contributed by atoms with van der Waals surface area (Å²) < 4.78 is 0. The molecule has 0 atom stereocenters. The number of nitrogens with one attached hydrogen (secondary N) is 2. The zero-order chi connectivity index (χ0) is 11.1. The molecule has 0 aliphatic heterocycles. The van der Waals surface area contributed by atoms with Gasteiger partial charge in [-0.3, -0.25) is 9.89 Å². The molecule has 15 heavy (non-hydrogen) atoms. The molecular formula is C11H17N3O. The second kappa shape index (κ2) is 6.01. The number of nitrogens with zero attached hydrogens (tertiary/aromatic N) is 1. The molecule has 1 heterocycles. The van der Waals surface area contributed by atoms with Crippen molar-refractivity contribution in [2.75, 3.05) is 6.54 Å². The first-order valence-electron chi connectivity index (χ1n) is 5.13. The van der Waals surface area contributed by atoms with Gasteiger partial charge in [0.15, 0.2) is 0 Å². The van der Waals surface area contributed by atoms with E-state index in [0.29, 0.717) is 6.54 Å². The third-order valence-electron chi connectivity index (χ3n) is 2.17. The van der Waals surface area contributed by atoms with Crippen LogP contribution in [0.3, 0.4) is 0 Å². The van der Waals surface area contributed by atoms with E-state index >= 15 is 0 Å². The van der Waals surface area contributed by atoms with Crippen LogP contribution in [-0.2, 0) is 11.2 Å². The van der Waals surface area contributed by atoms with Gasteiger partial charge in [-0.2, -0.15) is 5.10 Å². The van der Waals surface area contributed by atoms with Gasteiger partial charge in [0.25, 0.3) is 0 Å². The molecule has 1 rings (SSSR count). The zero-order valence-electron chi connectivity index (χ0n) is 9.21. The standard InChI is InChI=1S/C11H17N3O/c1-3-5-11(15)12-7-4-6-10-8-13-14-9(10)2/h3,5,8H,4,6-7H2,1-2H3,(H,12,15)(H,13,14). The molecule has 4 nitrogen and oxygen atoms in total. The molecule has 0 aliphatic rings. The van der Waals surface area contributed by atoms with Crippen LogP contribution in [-0.4, -0.2) is 22.6 Å². The molecule has 1 amide bonds. The maximum absolute atomic E-state index is 11.1. The van der Waals surface area contributed by atoms with Crippen LogP contribution in [0.2, 0.25) is 0 Å². The molecule has 0 saturated heterocycles. The van der Waals surface area contributed by atoms with Crippen molar-refractivity contribution in [3.8, 4) is 0 Å². The van der Waals surface area contributed by atoms with E-state index < -0.39 is 0 Å². The fourth-order valence-corrected chi connectivity index (χ4v) is 1.33. The van der Waals surface area contributed by atoms with Crippen molar-refractivity contribution in [2.45, 2.75) is 26.7 Å². The highest BCUT2D eigenvalue weighted by Crippen LogP contribution is 2.04. The molecular weight excluding hydrogens is 190 g/mol. The third kappa shape index (κ3) is 3.97. The molecule has 0 aromatic carbocycles. The summed E-state index contributed by atoms with van der Waals surface area (Å²) >= 11 is 0. The van der Waals surface area contributed by atoms with Crippen LogP contribution >= 0.6 is 0 Å². The summed E-state index contributed by atoms with van der Waals surface area (Å²) in [5, 5.41) is 9.64. The van der Waals surface area contributed by atoms with Gasteiger partial charge in [0.2, 0.25) is 5.91 Å². The summed E-state index contributed by atoms with van der Waals surface area (Å²) in [5.74, 6) is -0.0265. The lowest BCUT2D eigenvalue weighted by atomic mass is 10.1. The van der Waals surface area contributed by atoms with E-state index in [2.05, 4.69) is 15.5 Å². The fourth-order valence-electron chi connectivity index (χ4n) is 1.33. The summed E-state index contributed by atoms with van der Waals surface area (Å²) in [5.41, 5.74) is 2.32. The van der Waals surface area contributed by atoms with E-state index in [4.69, 9.17) is 0 Å². The topological polar surface area (TPSA) is 57.8 Å². The molecule has 0 spiro atoms. The lowest BCUT2D eigenvalue weighted by Gasteiger charge is -2.01. The Hall–Kier alpha value is -1.58. The predicted molar refractivity (Wildman–Crippen MR) is 59.5 cm³/mol. The highest BCUT2D eigenvalue weighted by molar-refractivity contribution is 5.87. The molecule has 0 aliphatic carbocycles. The number of rotatable bonds is 5. The Morgan fingerprint density at radius 2 is 2.47 bits per heavy atom. The van der Waals surface area contributed by atoms with E-state index in [1.807, 2.05) is 20.0 Å². The highest BCUT2D eigenvalue weighted by atomic mass is 16.1. The Morgan fingerprint density at radius 1 is 1.67 bits per heavy atom. The second-order valence-electron chi connectivity index (χ2n) is 3.41. The first-order chi connectivity index (χ1) is 7.24. The Balaban J connectivity index is 2.17. The van der Waals surface area contributed by atoms with Gasteiger partial charge < -0.3 is 5.32 Å². The minimum atomic E-state index is -0.0265. The summed E-state index contributed by atoms with van der Waals surface area (Å²) in [4.78, 5) is 11.1. The van der Waals surface area contributed by atoms with E-state index in [0.717, 1.165) is 18.5 Å². The van der Waals surface area contributed by atoms with Gasteiger partial charge in [0, 0.05) is 12.2 Å². The normalized spacial score (nSPS) is 10.8. The quantitative estimate of drug-likeness (QED) is 0.565. The molecule has 0 saturated carbocycles. The number of aromatic amines is 1. The minimum Gasteiger partial charge on any atom is -0.353 e.